The van der Waals surface area contributed by atoms with Gasteiger partial charge in [-0.3, -0.25) is 0 Å². The van der Waals surface area contributed by atoms with Crippen LogP contribution in [0, 0.1) is 0 Å². The minimum atomic E-state index is -3.69. The summed E-state index contributed by atoms with van der Waals surface area (Å²) in [6, 6.07) is 18.8. The lowest BCUT2D eigenvalue weighted by atomic mass is 9.98. The van der Waals surface area contributed by atoms with Crippen LogP contribution < -0.4 is 9.62 Å². The summed E-state index contributed by atoms with van der Waals surface area (Å²) in [4.78, 5) is 9.74. The van der Waals surface area contributed by atoms with Crippen molar-refractivity contribution in [3.8, 4) is 0 Å². The number of benzene rings is 3. The van der Waals surface area contributed by atoms with E-state index in [2.05, 4.69) is 47.7 Å². The molecule has 1 aliphatic rings. The van der Waals surface area contributed by atoms with Crippen molar-refractivity contribution in [2.75, 3.05) is 11.4 Å². The van der Waals surface area contributed by atoms with E-state index in [1.165, 1.54) is 0 Å². The van der Waals surface area contributed by atoms with Crippen LogP contribution in [0.4, 0.5) is 5.69 Å². The number of nitrogens with one attached hydrogen (secondary N) is 2. The minimum absolute atomic E-state index is 0. The number of hydrogen-bond acceptors (Lipinski definition) is 4. The normalized spacial score (nSPS) is 15.4. The molecule has 174 valence electrons. The molecule has 0 radical (unpaired) electrons. The minimum Gasteiger partial charge on any atom is -0.364 e. The molecule has 5 rings (SSSR count). The highest BCUT2D eigenvalue weighted by atomic mass is 79.9. The Morgan fingerprint density at radius 3 is 2.67 bits per heavy atom. The van der Waals surface area contributed by atoms with Crippen LogP contribution in [0.15, 0.2) is 82.6 Å². The molecule has 0 spiro atoms. The highest BCUT2D eigenvalue weighted by Gasteiger charge is 2.29. The second-order valence-corrected chi connectivity index (χ2v) is 10.3. The Balaban J connectivity index is 0.00000153. The zero-order valence-electron chi connectivity index (χ0n) is 17.4. The van der Waals surface area contributed by atoms with Gasteiger partial charge in [0, 0.05) is 34.3 Å². The van der Waals surface area contributed by atoms with E-state index < -0.39 is 10.0 Å². The first kappa shape index (κ1) is 25.5. The van der Waals surface area contributed by atoms with E-state index in [-0.39, 0.29) is 30.9 Å². The fourth-order valence-corrected chi connectivity index (χ4v) is 6.10. The molecule has 10 heteroatoms. The van der Waals surface area contributed by atoms with Crippen molar-refractivity contribution < 1.29 is 8.42 Å². The molecule has 0 aliphatic carbocycles. The lowest BCUT2D eigenvalue weighted by Gasteiger charge is -2.36. The van der Waals surface area contributed by atoms with Crippen molar-refractivity contribution in [2.45, 2.75) is 23.9 Å². The van der Waals surface area contributed by atoms with Crippen LogP contribution in [0.2, 0.25) is 0 Å². The van der Waals surface area contributed by atoms with Crippen LogP contribution in [0.1, 0.15) is 11.3 Å². The number of fused-ring (bicyclic) bond motifs is 2. The predicted molar refractivity (Wildman–Crippen MR) is 140 cm³/mol. The fourth-order valence-electron chi connectivity index (χ4n) is 4.24. The zero-order chi connectivity index (χ0) is 21.4. The van der Waals surface area contributed by atoms with Crippen LogP contribution in [-0.4, -0.2) is 31.0 Å². The molecule has 33 heavy (non-hydrogen) atoms. The lowest BCUT2D eigenvalue weighted by molar-refractivity contribution is 0.524. The lowest BCUT2D eigenvalue weighted by Crippen LogP contribution is -2.48. The molecule has 1 aliphatic heterocycles. The molecule has 1 aromatic heterocycles. The summed E-state index contributed by atoms with van der Waals surface area (Å²) in [7, 11) is -3.69. The molecule has 0 bridgehead atoms. The molecular weight excluding hydrogens is 547 g/mol. The third kappa shape index (κ3) is 5.36. The number of aromatic nitrogens is 2. The van der Waals surface area contributed by atoms with Gasteiger partial charge in [0.05, 0.1) is 23.5 Å². The van der Waals surface area contributed by atoms with Gasteiger partial charge in [0.25, 0.3) is 0 Å². The number of halogens is 3. The number of rotatable bonds is 5. The van der Waals surface area contributed by atoms with Crippen molar-refractivity contribution >= 4 is 67.2 Å². The third-order valence-electron chi connectivity index (χ3n) is 5.57. The Hall–Kier alpha value is -2.10. The summed E-state index contributed by atoms with van der Waals surface area (Å²) in [6.07, 6.45) is 4.07. The number of aromatic amines is 1. The second kappa shape index (κ2) is 10.4. The molecule has 0 amide bonds. The Kier molecular flexibility index (Phi) is 8.08. The molecule has 0 saturated carbocycles. The van der Waals surface area contributed by atoms with Crippen molar-refractivity contribution in [1.29, 1.82) is 0 Å². The molecule has 2 heterocycles. The van der Waals surface area contributed by atoms with E-state index in [1.54, 1.807) is 24.7 Å². The van der Waals surface area contributed by atoms with Crippen LogP contribution >= 0.6 is 40.7 Å². The van der Waals surface area contributed by atoms with Gasteiger partial charge in [0.1, 0.15) is 0 Å². The Morgan fingerprint density at radius 2 is 1.88 bits per heavy atom. The number of anilines is 1. The zero-order valence-corrected chi connectivity index (χ0v) is 21.5. The van der Waals surface area contributed by atoms with Gasteiger partial charge in [0.15, 0.2) is 0 Å². The highest BCUT2D eigenvalue weighted by molar-refractivity contribution is 9.10. The average Bonchev–Trinajstić information content (AvgIpc) is 3.26. The van der Waals surface area contributed by atoms with E-state index in [1.807, 2.05) is 36.4 Å². The fraction of sp³-hybridized carbons (Fsp3) is 0.174. The van der Waals surface area contributed by atoms with E-state index in [0.717, 1.165) is 32.2 Å². The molecule has 1 unspecified atom stereocenters. The van der Waals surface area contributed by atoms with Crippen LogP contribution in [0.3, 0.4) is 0 Å². The van der Waals surface area contributed by atoms with E-state index in [9.17, 15) is 8.42 Å². The van der Waals surface area contributed by atoms with Crippen molar-refractivity contribution in [1.82, 2.24) is 14.7 Å². The summed E-state index contributed by atoms with van der Waals surface area (Å²) < 4.78 is 30.7. The topological polar surface area (TPSA) is 78.1 Å². The maximum atomic E-state index is 13.4. The first-order chi connectivity index (χ1) is 15.0. The number of imidazole rings is 1. The summed E-state index contributed by atoms with van der Waals surface area (Å²) in [5.74, 6) is 0. The van der Waals surface area contributed by atoms with E-state index in [4.69, 9.17) is 0 Å². The molecule has 0 fully saturated rings. The van der Waals surface area contributed by atoms with Crippen molar-refractivity contribution in [3.05, 3.63) is 88.9 Å². The number of hydrogen-bond donors (Lipinski definition) is 2. The SMILES string of the molecule is Cl.Cl.O=S(=O)(NC1Cc2cc(Br)ccc2N(Cc2cnc[nH]2)C1)c1cccc2ccccc12. The summed E-state index contributed by atoms with van der Waals surface area (Å²) >= 11 is 3.54. The third-order valence-corrected chi connectivity index (χ3v) is 7.64. The molecule has 6 nitrogen and oxygen atoms in total. The van der Waals surface area contributed by atoms with Gasteiger partial charge >= 0.3 is 0 Å². The molecule has 2 N–H and O–H groups in total. The van der Waals surface area contributed by atoms with E-state index >= 15 is 0 Å². The summed E-state index contributed by atoms with van der Waals surface area (Å²) in [5.41, 5.74) is 3.19. The second-order valence-electron chi connectivity index (χ2n) is 7.73. The summed E-state index contributed by atoms with van der Waals surface area (Å²) in [6.45, 7) is 1.19. The molecule has 4 aromatic rings. The molecule has 0 saturated heterocycles. The number of H-pyrrole nitrogens is 1. The van der Waals surface area contributed by atoms with Gasteiger partial charge in [-0.1, -0.05) is 52.3 Å². The number of nitrogens with zero attached hydrogens (tertiary/aromatic N) is 2. The Morgan fingerprint density at radius 1 is 1.09 bits per heavy atom. The van der Waals surface area contributed by atoms with Gasteiger partial charge in [-0.25, -0.2) is 18.1 Å². The van der Waals surface area contributed by atoms with Crippen molar-refractivity contribution in [3.63, 3.8) is 0 Å². The number of sulfonamides is 1. The Bertz CT molecular complexity index is 1340. The van der Waals surface area contributed by atoms with Gasteiger partial charge in [-0.05, 0) is 41.6 Å². The molecular formula is C23H23BrCl2N4O2S. The molecule has 3 aromatic carbocycles. The Labute approximate surface area is 213 Å². The smallest absolute Gasteiger partial charge is 0.241 e. The van der Waals surface area contributed by atoms with Gasteiger partial charge in [-0.2, -0.15) is 0 Å². The van der Waals surface area contributed by atoms with Crippen LogP contribution in [0.5, 0.6) is 0 Å². The maximum Gasteiger partial charge on any atom is 0.241 e. The predicted octanol–water partition coefficient (Wildman–Crippen LogP) is 5.08. The van der Waals surface area contributed by atoms with Crippen LogP contribution in [0.25, 0.3) is 10.8 Å². The quantitative estimate of drug-likeness (QED) is 0.351. The maximum absolute atomic E-state index is 13.4. The van der Waals surface area contributed by atoms with E-state index in [0.29, 0.717) is 24.4 Å². The highest BCUT2D eigenvalue weighted by Crippen LogP contribution is 2.32. The van der Waals surface area contributed by atoms with Gasteiger partial charge in [-0.15, -0.1) is 24.8 Å². The standard InChI is InChI=1S/C23H21BrN4O2S.2ClH/c24-18-8-9-22-17(10-18)11-19(13-28(22)14-20-12-25-15-26-20)27-31(29,30)23-7-3-5-16-4-1-2-6-21(16)23;;/h1-10,12,15,19,27H,11,13-14H2,(H,25,26);2*1H. The summed E-state index contributed by atoms with van der Waals surface area (Å²) in [5, 5.41) is 1.63. The first-order valence-corrected chi connectivity index (χ1v) is 12.3. The first-order valence-electron chi connectivity index (χ1n) is 10.0. The average molecular weight is 570 g/mol. The van der Waals surface area contributed by atoms with Crippen molar-refractivity contribution in [2.24, 2.45) is 0 Å². The van der Waals surface area contributed by atoms with Crippen LogP contribution in [-0.2, 0) is 23.0 Å². The van der Waals surface area contributed by atoms with Gasteiger partial charge in [0.2, 0.25) is 10.0 Å². The monoisotopic (exact) mass is 568 g/mol. The largest absolute Gasteiger partial charge is 0.364 e. The van der Waals surface area contributed by atoms with Gasteiger partial charge < -0.3 is 9.88 Å². The molecule has 1 atom stereocenters.